The highest BCUT2D eigenvalue weighted by atomic mass is 35.6. The fourth-order valence-corrected chi connectivity index (χ4v) is 1.74. The van der Waals surface area contributed by atoms with Crippen molar-refractivity contribution >= 4 is 52.5 Å². The van der Waals surface area contributed by atoms with Crippen LogP contribution in [0.4, 0.5) is 0 Å². The van der Waals surface area contributed by atoms with Crippen LogP contribution < -0.4 is 0 Å². The number of hydrogen-bond acceptors (Lipinski definition) is 5. The number of halogens is 3. The second-order valence-corrected chi connectivity index (χ2v) is 5.33. The maximum atomic E-state index is 11.4. The molecule has 0 aromatic heterocycles. The Morgan fingerprint density at radius 3 is 2.44 bits per heavy atom. The molecular weight excluding hydrogens is 282 g/mol. The number of ether oxygens (including phenoxy) is 2. The molecule has 5 nitrogen and oxygen atoms in total. The average molecular weight is 289 g/mol. The summed E-state index contributed by atoms with van der Waals surface area (Å²) >= 11 is 16.5. The zero-order valence-electron chi connectivity index (χ0n) is 8.04. The Bertz CT molecular complexity index is 335. The van der Waals surface area contributed by atoms with Crippen LogP contribution in [0.3, 0.4) is 0 Å². The molecule has 0 N–H and O–H groups in total. The van der Waals surface area contributed by atoms with E-state index in [2.05, 4.69) is 9.47 Å². The van der Waals surface area contributed by atoms with Crippen LogP contribution in [0.2, 0.25) is 0 Å². The molecule has 1 saturated heterocycles. The Morgan fingerprint density at radius 1 is 1.44 bits per heavy atom. The molecule has 0 aromatic carbocycles. The molecule has 1 fully saturated rings. The Hall–Kier alpha value is -0.520. The van der Waals surface area contributed by atoms with Gasteiger partial charge in [0, 0.05) is 0 Å². The molecule has 0 unspecified atom stereocenters. The molecule has 1 rings (SSSR count). The van der Waals surface area contributed by atoms with Crippen LogP contribution in [0.5, 0.6) is 0 Å². The highest BCUT2D eigenvalue weighted by Crippen LogP contribution is 2.40. The second kappa shape index (κ2) is 4.77. The standard InChI is InChI=1S/C8H7Cl3O5/c1-2-15-6(13)3-4(12)7(14)16-5(3)8(9,10)11/h3,5H,2H2,1H3/t3-,5+/m1/s1. The smallest absolute Gasteiger partial charge is 0.376 e. The molecule has 0 amide bonds. The molecule has 90 valence electrons. The quantitative estimate of drug-likeness (QED) is 0.329. The van der Waals surface area contributed by atoms with Gasteiger partial charge in [0.1, 0.15) is 0 Å². The minimum absolute atomic E-state index is 0.0450. The molecular formula is C8H7Cl3O5. The fourth-order valence-electron chi connectivity index (χ4n) is 1.22. The van der Waals surface area contributed by atoms with Crippen LogP contribution in [0.25, 0.3) is 0 Å². The van der Waals surface area contributed by atoms with Gasteiger partial charge in [-0.05, 0) is 6.92 Å². The van der Waals surface area contributed by atoms with Crippen molar-refractivity contribution in [2.24, 2.45) is 5.92 Å². The summed E-state index contributed by atoms with van der Waals surface area (Å²) in [7, 11) is 0. The lowest BCUT2D eigenvalue weighted by Crippen LogP contribution is -2.38. The van der Waals surface area contributed by atoms with Crippen molar-refractivity contribution in [3.05, 3.63) is 0 Å². The fraction of sp³-hybridized carbons (Fsp3) is 0.625. The first-order valence-corrected chi connectivity index (χ1v) is 5.40. The summed E-state index contributed by atoms with van der Waals surface area (Å²) in [5, 5.41) is 0. The minimum atomic E-state index is -2.06. The van der Waals surface area contributed by atoms with Crippen molar-refractivity contribution in [1.29, 1.82) is 0 Å². The van der Waals surface area contributed by atoms with E-state index in [1.165, 1.54) is 0 Å². The zero-order valence-corrected chi connectivity index (χ0v) is 10.3. The van der Waals surface area contributed by atoms with Gasteiger partial charge < -0.3 is 9.47 Å². The number of Topliss-reactive ketones (excluding diaryl/α,β-unsaturated/α-hetero) is 1. The lowest BCUT2D eigenvalue weighted by atomic mass is 10.0. The van der Waals surface area contributed by atoms with Gasteiger partial charge in [-0.25, -0.2) is 4.79 Å². The Kier molecular flexibility index (Phi) is 4.04. The van der Waals surface area contributed by atoms with Crippen LogP contribution in [0.15, 0.2) is 0 Å². The van der Waals surface area contributed by atoms with Crippen molar-refractivity contribution < 1.29 is 23.9 Å². The van der Waals surface area contributed by atoms with Gasteiger partial charge in [-0.15, -0.1) is 0 Å². The second-order valence-electron chi connectivity index (χ2n) is 2.96. The third kappa shape index (κ3) is 2.59. The minimum Gasteiger partial charge on any atom is -0.465 e. The summed E-state index contributed by atoms with van der Waals surface area (Å²) in [4.78, 5) is 33.7. The number of hydrogen-bond donors (Lipinski definition) is 0. The van der Waals surface area contributed by atoms with Crippen molar-refractivity contribution in [3.8, 4) is 0 Å². The van der Waals surface area contributed by atoms with E-state index >= 15 is 0 Å². The first-order valence-electron chi connectivity index (χ1n) is 4.27. The monoisotopic (exact) mass is 288 g/mol. The molecule has 1 heterocycles. The topological polar surface area (TPSA) is 69.7 Å². The van der Waals surface area contributed by atoms with E-state index in [1.807, 2.05) is 0 Å². The van der Waals surface area contributed by atoms with E-state index in [1.54, 1.807) is 6.92 Å². The molecule has 0 bridgehead atoms. The molecule has 0 aliphatic carbocycles. The largest absolute Gasteiger partial charge is 0.465 e. The lowest BCUT2D eigenvalue weighted by Gasteiger charge is -2.21. The van der Waals surface area contributed by atoms with Gasteiger partial charge in [0.15, 0.2) is 12.0 Å². The van der Waals surface area contributed by atoms with Gasteiger partial charge in [0.05, 0.1) is 6.61 Å². The van der Waals surface area contributed by atoms with E-state index in [-0.39, 0.29) is 6.61 Å². The van der Waals surface area contributed by atoms with E-state index in [9.17, 15) is 14.4 Å². The van der Waals surface area contributed by atoms with Gasteiger partial charge in [-0.1, -0.05) is 34.8 Å². The molecule has 0 radical (unpaired) electrons. The van der Waals surface area contributed by atoms with Gasteiger partial charge in [0.25, 0.3) is 5.78 Å². The molecule has 0 aromatic rings. The number of carbonyl (C=O) groups excluding carboxylic acids is 3. The van der Waals surface area contributed by atoms with Gasteiger partial charge in [-0.2, -0.15) is 0 Å². The highest BCUT2D eigenvalue weighted by molar-refractivity contribution is 6.68. The van der Waals surface area contributed by atoms with Crippen LogP contribution in [-0.4, -0.2) is 34.2 Å². The Morgan fingerprint density at radius 2 is 2.00 bits per heavy atom. The van der Waals surface area contributed by atoms with E-state index in [4.69, 9.17) is 34.8 Å². The third-order valence-corrected chi connectivity index (χ3v) is 2.53. The number of carbonyl (C=O) groups is 3. The number of esters is 2. The summed E-state index contributed by atoms with van der Waals surface area (Å²) in [5.74, 6) is -4.71. The van der Waals surface area contributed by atoms with E-state index in [0.717, 1.165) is 0 Å². The number of rotatable bonds is 2. The van der Waals surface area contributed by atoms with Crippen molar-refractivity contribution in [3.63, 3.8) is 0 Å². The number of cyclic esters (lactones) is 1. The molecule has 1 aliphatic heterocycles. The zero-order chi connectivity index (χ0) is 12.5. The molecule has 2 atom stereocenters. The first-order chi connectivity index (χ1) is 7.29. The third-order valence-electron chi connectivity index (χ3n) is 1.88. The van der Waals surface area contributed by atoms with Crippen LogP contribution in [0.1, 0.15) is 6.92 Å². The summed E-state index contributed by atoms with van der Waals surface area (Å²) in [6.07, 6.45) is -1.45. The van der Waals surface area contributed by atoms with Gasteiger partial charge >= 0.3 is 11.9 Å². The predicted molar refractivity (Wildman–Crippen MR) is 55.3 cm³/mol. The van der Waals surface area contributed by atoms with E-state index < -0.39 is 33.5 Å². The van der Waals surface area contributed by atoms with E-state index in [0.29, 0.717) is 0 Å². The maximum Gasteiger partial charge on any atom is 0.376 e. The summed E-state index contributed by atoms with van der Waals surface area (Å²) in [5.41, 5.74) is 0. The number of alkyl halides is 3. The lowest BCUT2D eigenvalue weighted by molar-refractivity contribution is -0.152. The highest BCUT2D eigenvalue weighted by Gasteiger charge is 2.57. The Balaban J connectivity index is 2.97. The van der Waals surface area contributed by atoms with Crippen molar-refractivity contribution in [1.82, 2.24) is 0 Å². The average Bonchev–Trinajstić information content (AvgIpc) is 2.43. The summed E-state index contributed by atoms with van der Waals surface area (Å²) in [6.45, 7) is 1.59. The Labute approximate surface area is 106 Å². The van der Waals surface area contributed by atoms with Crippen molar-refractivity contribution in [2.75, 3.05) is 6.61 Å². The SMILES string of the molecule is CCOC(=O)[C@@H]1C(=O)C(=O)O[C@@H]1C(Cl)(Cl)Cl. The van der Waals surface area contributed by atoms with Gasteiger partial charge in [0.2, 0.25) is 3.79 Å². The molecule has 1 aliphatic rings. The molecule has 0 spiro atoms. The molecule has 8 heteroatoms. The van der Waals surface area contributed by atoms with Crippen LogP contribution in [0, 0.1) is 5.92 Å². The van der Waals surface area contributed by atoms with Crippen LogP contribution in [-0.2, 0) is 23.9 Å². The van der Waals surface area contributed by atoms with Crippen molar-refractivity contribution in [2.45, 2.75) is 16.8 Å². The maximum absolute atomic E-state index is 11.4. The summed E-state index contributed by atoms with van der Waals surface area (Å²) < 4.78 is 7.08. The summed E-state index contributed by atoms with van der Waals surface area (Å²) in [6, 6.07) is 0. The number of ketones is 1. The van der Waals surface area contributed by atoms with Gasteiger partial charge in [-0.3, -0.25) is 9.59 Å². The molecule has 16 heavy (non-hydrogen) atoms. The first kappa shape index (κ1) is 13.5. The molecule has 0 saturated carbocycles. The predicted octanol–water partition coefficient (Wildman–Crippen LogP) is 1.03. The van der Waals surface area contributed by atoms with Crippen LogP contribution >= 0.6 is 34.8 Å². The normalized spacial score (nSPS) is 25.5.